The fraction of sp³-hybridized carbons (Fsp3) is 1.00. The molecule has 0 unspecified atom stereocenters. The highest BCUT2D eigenvalue weighted by Gasteiger charge is 1.32. The molecule has 3 heteroatoms. The van der Waals surface area contributed by atoms with Crippen molar-refractivity contribution in [1.29, 1.82) is 0 Å². The molecule has 0 aromatic heterocycles. The average Bonchev–Trinajstić information content (AvgIpc) is 1.39. The van der Waals surface area contributed by atoms with Crippen LogP contribution in [-0.4, -0.2) is 13.6 Å². The van der Waals surface area contributed by atoms with Gasteiger partial charge < -0.3 is 5.73 Å². The first-order chi connectivity index (χ1) is 2.83. The van der Waals surface area contributed by atoms with Gasteiger partial charge in [-0.3, -0.25) is 3.53 Å². The highest BCUT2D eigenvalue weighted by atomic mass is 127. The first-order valence-electron chi connectivity index (χ1n) is 1.80. The second kappa shape index (κ2) is 17.4. The third-order valence-electron chi connectivity index (χ3n) is 0. The van der Waals surface area contributed by atoms with E-state index in [0.717, 1.165) is 6.54 Å². The monoisotopic (exact) mass is 202 g/mol. The first kappa shape index (κ1) is 9.82. The molecular formula is C3H11IN2. The summed E-state index contributed by atoms with van der Waals surface area (Å²) in [6.07, 6.45) is 0. The Morgan fingerprint density at radius 2 is 1.83 bits per heavy atom. The second-order valence-corrected chi connectivity index (χ2v) is 1.68. The molecule has 0 aromatic carbocycles. The van der Waals surface area contributed by atoms with Gasteiger partial charge in [0.15, 0.2) is 0 Å². The fourth-order valence-electron chi connectivity index (χ4n) is 0. The molecule has 0 bridgehead atoms. The van der Waals surface area contributed by atoms with Crippen LogP contribution in [0.1, 0.15) is 6.92 Å². The van der Waals surface area contributed by atoms with E-state index in [0.29, 0.717) is 0 Å². The van der Waals surface area contributed by atoms with Gasteiger partial charge in [0.2, 0.25) is 0 Å². The quantitative estimate of drug-likeness (QED) is 0.444. The van der Waals surface area contributed by atoms with Crippen molar-refractivity contribution in [3.63, 3.8) is 0 Å². The van der Waals surface area contributed by atoms with E-state index < -0.39 is 0 Å². The number of rotatable bonds is 0. The van der Waals surface area contributed by atoms with E-state index in [9.17, 15) is 0 Å². The van der Waals surface area contributed by atoms with Gasteiger partial charge in [-0.2, -0.15) is 0 Å². The van der Waals surface area contributed by atoms with E-state index in [1.54, 1.807) is 0 Å². The normalized spacial score (nSPS) is 6.00. The Bertz CT molecular complexity index is 10.8. The van der Waals surface area contributed by atoms with Crippen LogP contribution < -0.4 is 9.26 Å². The van der Waals surface area contributed by atoms with Crippen molar-refractivity contribution in [1.82, 2.24) is 3.53 Å². The smallest absolute Gasteiger partial charge is 0.0166 e. The van der Waals surface area contributed by atoms with E-state index in [2.05, 4.69) is 3.53 Å². The van der Waals surface area contributed by atoms with E-state index >= 15 is 0 Å². The van der Waals surface area contributed by atoms with Crippen LogP contribution in [0.2, 0.25) is 0 Å². The Morgan fingerprint density at radius 1 is 1.83 bits per heavy atom. The lowest BCUT2D eigenvalue weighted by molar-refractivity contribution is 1.14. The van der Waals surface area contributed by atoms with Crippen molar-refractivity contribution in [3.05, 3.63) is 0 Å². The van der Waals surface area contributed by atoms with Crippen LogP contribution in [-0.2, 0) is 0 Å². The summed E-state index contributed by atoms with van der Waals surface area (Å²) >= 11 is 2.04. The summed E-state index contributed by atoms with van der Waals surface area (Å²) in [7, 11) is 1.86. The lowest BCUT2D eigenvalue weighted by Gasteiger charge is -1.55. The zero-order chi connectivity index (χ0) is 5.41. The maximum atomic E-state index is 4.85. The maximum Gasteiger partial charge on any atom is 0.0166 e. The van der Waals surface area contributed by atoms with Crippen molar-refractivity contribution in [2.75, 3.05) is 13.6 Å². The number of nitrogens with one attached hydrogen (secondary N) is 1. The molecule has 0 rings (SSSR count). The van der Waals surface area contributed by atoms with Crippen LogP contribution in [0.15, 0.2) is 0 Å². The van der Waals surface area contributed by atoms with Gasteiger partial charge in [0.25, 0.3) is 0 Å². The molecule has 0 aliphatic rings. The average molecular weight is 202 g/mol. The summed E-state index contributed by atoms with van der Waals surface area (Å²) in [5, 5.41) is 0. The number of hydrogen-bond acceptors (Lipinski definition) is 2. The first-order valence-corrected chi connectivity index (χ1v) is 2.88. The minimum absolute atomic E-state index is 0.750. The van der Waals surface area contributed by atoms with Crippen molar-refractivity contribution >= 4 is 22.9 Å². The zero-order valence-corrected chi connectivity index (χ0v) is 6.32. The second-order valence-electron chi connectivity index (χ2n) is 0.597. The summed E-state index contributed by atoms with van der Waals surface area (Å²) in [4.78, 5) is 0. The Kier molecular flexibility index (Phi) is 28.5. The van der Waals surface area contributed by atoms with Gasteiger partial charge in [0, 0.05) is 22.9 Å². The van der Waals surface area contributed by atoms with Crippen molar-refractivity contribution in [2.45, 2.75) is 6.92 Å². The van der Waals surface area contributed by atoms with Crippen LogP contribution in [0.4, 0.5) is 0 Å². The molecule has 0 saturated heterocycles. The van der Waals surface area contributed by atoms with Crippen molar-refractivity contribution < 1.29 is 0 Å². The molecule has 0 saturated carbocycles. The molecular weight excluding hydrogens is 191 g/mol. The van der Waals surface area contributed by atoms with Crippen LogP contribution >= 0.6 is 22.9 Å². The standard InChI is InChI=1S/C2H7N.CH4IN/c1-2-3;1-3-2/h2-3H2,1H3;3H,1H3. The topological polar surface area (TPSA) is 38.0 Å². The van der Waals surface area contributed by atoms with Crippen LogP contribution in [0.25, 0.3) is 0 Å². The SMILES string of the molecule is CCN.CNI. The van der Waals surface area contributed by atoms with E-state index in [4.69, 9.17) is 5.73 Å². The van der Waals surface area contributed by atoms with Gasteiger partial charge >= 0.3 is 0 Å². The molecule has 0 atom stereocenters. The minimum Gasteiger partial charge on any atom is -0.331 e. The minimum atomic E-state index is 0.750. The van der Waals surface area contributed by atoms with Gasteiger partial charge in [-0.05, 0) is 13.6 Å². The highest BCUT2D eigenvalue weighted by Crippen LogP contribution is 1.50. The van der Waals surface area contributed by atoms with Crippen LogP contribution in [0.3, 0.4) is 0 Å². The number of nitrogens with two attached hydrogens (primary N) is 1. The largest absolute Gasteiger partial charge is 0.331 e. The molecule has 0 aromatic rings. The Morgan fingerprint density at radius 3 is 1.83 bits per heavy atom. The molecule has 6 heavy (non-hydrogen) atoms. The summed E-state index contributed by atoms with van der Waals surface area (Å²) in [5.74, 6) is 0. The Balaban J connectivity index is 0. The van der Waals surface area contributed by atoms with E-state index in [-0.39, 0.29) is 0 Å². The lowest BCUT2D eigenvalue weighted by Crippen LogP contribution is -1.87. The molecule has 0 radical (unpaired) electrons. The molecule has 0 fully saturated rings. The molecule has 0 aliphatic carbocycles. The highest BCUT2D eigenvalue weighted by molar-refractivity contribution is 14.1. The van der Waals surface area contributed by atoms with Gasteiger partial charge in [0.1, 0.15) is 0 Å². The van der Waals surface area contributed by atoms with Gasteiger partial charge in [-0.25, -0.2) is 0 Å². The molecule has 0 heterocycles. The van der Waals surface area contributed by atoms with Gasteiger partial charge in [-0.1, -0.05) is 6.92 Å². The molecule has 2 nitrogen and oxygen atoms in total. The van der Waals surface area contributed by atoms with Gasteiger partial charge in [-0.15, -0.1) is 0 Å². The van der Waals surface area contributed by atoms with E-state index in [1.165, 1.54) is 0 Å². The zero-order valence-electron chi connectivity index (χ0n) is 4.16. The van der Waals surface area contributed by atoms with Crippen LogP contribution in [0, 0.1) is 0 Å². The maximum absolute atomic E-state index is 4.85. The van der Waals surface area contributed by atoms with Crippen LogP contribution in [0.5, 0.6) is 0 Å². The predicted octanol–water partition coefficient (Wildman–Crippen LogP) is 0.521. The Labute approximate surface area is 53.0 Å². The number of hydrogen-bond donors (Lipinski definition) is 2. The van der Waals surface area contributed by atoms with Crippen molar-refractivity contribution in [2.24, 2.45) is 5.73 Å². The predicted molar refractivity (Wildman–Crippen MR) is 37.8 cm³/mol. The molecule has 3 N–H and O–H groups in total. The van der Waals surface area contributed by atoms with Crippen molar-refractivity contribution in [3.8, 4) is 0 Å². The summed E-state index contributed by atoms with van der Waals surface area (Å²) in [6.45, 7) is 2.65. The molecule has 0 amide bonds. The molecule has 0 spiro atoms. The summed E-state index contributed by atoms with van der Waals surface area (Å²) < 4.78 is 2.72. The summed E-state index contributed by atoms with van der Waals surface area (Å²) in [6, 6.07) is 0. The number of halogens is 1. The molecule has 0 aliphatic heterocycles. The van der Waals surface area contributed by atoms with Gasteiger partial charge in [0.05, 0.1) is 0 Å². The molecule has 40 valence electrons. The fourth-order valence-corrected chi connectivity index (χ4v) is 0. The van der Waals surface area contributed by atoms with E-state index in [1.807, 2.05) is 36.8 Å². The third kappa shape index (κ3) is 147. The Hall–Kier alpha value is 0.650. The third-order valence-corrected chi connectivity index (χ3v) is 0. The lowest BCUT2D eigenvalue weighted by atomic mass is 10.8. The summed E-state index contributed by atoms with van der Waals surface area (Å²) in [5.41, 5.74) is 4.85.